The van der Waals surface area contributed by atoms with Crippen LogP contribution in [0.4, 0.5) is 11.4 Å². The molecule has 0 bridgehead atoms. The van der Waals surface area contributed by atoms with Crippen LogP contribution >= 0.6 is 31.9 Å². The van der Waals surface area contributed by atoms with Gasteiger partial charge in [-0.1, -0.05) is 56.1 Å². The molecule has 2 aromatic carbocycles. The molecule has 10 heteroatoms. The molecule has 1 aliphatic rings. The number of rotatable bonds is 8. The Balaban J connectivity index is 2.13. The number of nitro groups is 1. The SMILES string of the molecule is Cc1cc([N+](=O)[O-])cc(S(=O)(=O)N2CCc3ccccc3C2)c1N(CCBr)CCBr. The van der Waals surface area contributed by atoms with Gasteiger partial charge in [0.1, 0.15) is 4.90 Å². The van der Waals surface area contributed by atoms with Gasteiger partial charge < -0.3 is 4.90 Å². The third-order valence-electron chi connectivity index (χ3n) is 5.20. The standard InChI is InChI=1S/C20H23Br2N3O4S/c1-15-12-18(25(26)27)13-19(20(15)23(10-7-21)11-8-22)30(28,29)24-9-6-16-4-2-3-5-17(16)14-24/h2-5,12-13H,6-11,14H2,1H3. The zero-order valence-electron chi connectivity index (χ0n) is 16.6. The van der Waals surface area contributed by atoms with Gasteiger partial charge >= 0.3 is 0 Å². The quantitative estimate of drug-likeness (QED) is 0.274. The summed E-state index contributed by atoms with van der Waals surface area (Å²) in [6.07, 6.45) is 0.616. The first-order valence-corrected chi connectivity index (χ1v) is 13.2. The van der Waals surface area contributed by atoms with Crippen LogP contribution in [0.3, 0.4) is 0 Å². The monoisotopic (exact) mass is 559 g/mol. The Bertz CT molecular complexity index is 1040. The van der Waals surface area contributed by atoms with Crippen LogP contribution in [0.1, 0.15) is 16.7 Å². The molecule has 0 aromatic heterocycles. The van der Waals surface area contributed by atoms with Gasteiger partial charge in [-0.3, -0.25) is 10.1 Å². The van der Waals surface area contributed by atoms with E-state index in [0.29, 0.717) is 48.0 Å². The molecule has 30 heavy (non-hydrogen) atoms. The van der Waals surface area contributed by atoms with Crippen molar-refractivity contribution in [2.24, 2.45) is 0 Å². The van der Waals surface area contributed by atoms with Crippen LogP contribution in [-0.2, 0) is 23.0 Å². The maximum absolute atomic E-state index is 13.7. The molecule has 0 radical (unpaired) electrons. The number of sulfonamides is 1. The van der Waals surface area contributed by atoms with E-state index in [4.69, 9.17) is 0 Å². The number of aryl methyl sites for hydroxylation is 1. The molecular formula is C20H23Br2N3O4S. The van der Waals surface area contributed by atoms with E-state index in [9.17, 15) is 18.5 Å². The molecular weight excluding hydrogens is 538 g/mol. The summed E-state index contributed by atoms with van der Waals surface area (Å²) in [4.78, 5) is 12.9. The van der Waals surface area contributed by atoms with E-state index in [1.807, 2.05) is 29.2 Å². The van der Waals surface area contributed by atoms with Crippen molar-refractivity contribution in [2.45, 2.75) is 24.8 Å². The maximum Gasteiger partial charge on any atom is 0.271 e. The van der Waals surface area contributed by atoms with Crippen LogP contribution in [0.25, 0.3) is 0 Å². The van der Waals surface area contributed by atoms with Crippen LogP contribution in [0.15, 0.2) is 41.3 Å². The summed E-state index contributed by atoms with van der Waals surface area (Å²) in [5.74, 6) is 0. The van der Waals surface area contributed by atoms with Crippen molar-refractivity contribution in [3.05, 3.63) is 63.2 Å². The number of hydrogen-bond donors (Lipinski definition) is 0. The van der Waals surface area contributed by atoms with E-state index in [1.165, 1.54) is 16.4 Å². The highest BCUT2D eigenvalue weighted by Gasteiger charge is 2.33. The molecule has 1 heterocycles. The van der Waals surface area contributed by atoms with Crippen molar-refractivity contribution in [1.29, 1.82) is 0 Å². The number of nitro benzene ring substituents is 1. The number of alkyl halides is 2. The predicted octanol–water partition coefficient (Wildman–Crippen LogP) is 4.25. The molecule has 0 N–H and O–H groups in total. The minimum absolute atomic E-state index is 0.00418. The van der Waals surface area contributed by atoms with Gasteiger partial charge in [-0.05, 0) is 30.0 Å². The number of hydrogen-bond acceptors (Lipinski definition) is 5. The number of fused-ring (bicyclic) bond motifs is 1. The van der Waals surface area contributed by atoms with E-state index in [0.717, 1.165) is 11.1 Å². The molecule has 0 unspecified atom stereocenters. The lowest BCUT2D eigenvalue weighted by Crippen LogP contribution is -2.37. The van der Waals surface area contributed by atoms with Crippen LogP contribution in [0.2, 0.25) is 0 Å². The Kier molecular flexibility index (Phi) is 7.54. The first-order chi connectivity index (χ1) is 14.3. The number of anilines is 1. The molecule has 1 aliphatic heterocycles. The van der Waals surface area contributed by atoms with Crippen molar-refractivity contribution in [3.8, 4) is 0 Å². The fourth-order valence-electron chi connectivity index (χ4n) is 3.79. The first-order valence-electron chi connectivity index (χ1n) is 9.52. The fraction of sp³-hybridized carbons (Fsp3) is 0.400. The highest BCUT2D eigenvalue weighted by Crippen LogP contribution is 2.36. The van der Waals surface area contributed by atoms with Gasteiger partial charge in [0, 0.05) is 49.0 Å². The second-order valence-corrected chi connectivity index (χ2v) is 10.6. The minimum Gasteiger partial charge on any atom is -0.369 e. The van der Waals surface area contributed by atoms with Crippen molar-refractivity contribution < 1.29 is 13.3 Å². The van der Waals surface area contributed by atoms with Crippen molar-refractivity contribution >= 4 is 53.3 Å². The lowest BCUT2D eigenvalue weighted by atomic mass is 10.0. The van der Waals surface area contributed by atoms with Crippen LogP contribution in [-0.4, -0.2) is 47.9 Å². The van der Waals surface area contributed by atoms with Crippen LogP contribution < -0.4 is 4.90 Å². The number of halogens is 2. The molecule has 2 aromatic rings. The average Bonchev–Trinajstić information content (AvgIpc) is 2.72. The number of non-ortho nitro benzene ring substituents is 1. The summed E-state index contributed by atoms with van der Waals surface area (Å²) >= 11 is 6.85. The second kappa shape index (κ2) is 9.76. The normalized spacial score (nSPS) is 14.4. The number of benzene rings is 2. The largest absolute Gasteiger partial charge is 0.369 e. The molecule has 0 spiro atoms. The summed E-state index contributed by atoms with van der Waals surface area (Å²) in [6.45, 7) is 3.49. The summed E-state index contributed by atoms with van der Waals surface area (Å²) in [5, 5.41) is 12.8. The zero-order chi connectivity index (χ0) is 21.9. The molecule has 3 rings (SSSR count). The lowest BCUT2D eigenvalue weighted by Gasteiger charge is -2.32. The predicted molar refractivity (Wildman–Crippen MR) is 125 cm³/mol. The van der Waals surface area contributed by atoms with E-state index in [2.05, 4.69) is 31.9 Å². The summed E-state index contributed by atoms with van der Waals surface area (Å²) in [7, 11) is -3.94. The Morgan fingerprint density at radius 1 is 1.13 bits per heavy atom. The van der Waals surface area contributed by atoms with Gasteiger partial charge in [-0.15, -0.1) is 0 Å². The van der Waals surface area contributed by atoms with Gasteiger partial charge in [0.25, 0.3) is 5.69 Å². The first kappa shape index (κ1) is 23.2. The summed E-state index contributed by atoms with van der Waals surface area (Å²) in [6, 6.07) is 10.4. The molecule has 162 valence electrons. The average molecular weight is 561 g/mol. The molecule has 0 saturated carbocycles. The van der Waals surface area contributed by atoms with E-state index in [-0.39, 0.29) is 17.1 Å². The lowest BCUT2D eigenvalue weighted by molar-refractivity contribution is -0.385. The van der Waals surface area contributed by atoms with Crippen molar-refractivity contribution in [1.82, 2.24) is 4.31 Å². The van der Waals surface area contributed by atoms with Gasteiger partial charge in [0.2, 0.25) is 10.0 Å². The Morgan fingerprint density at radius 2 is 1.77 bits per heavy atom. The van der Waals surface area contributed by atoms with Crippen LogP contribution in [0, 0.1) is 17.0 Å². The zero-order valence-corrected chi connectivity index (χ0v) is 20.5. The topological polar surface area (TPSA) is 83.8 Å². The van der Waals surface area contributed by atoms with E-state index >= 15 is 0 Å². The molecule has 0 atom stereocenters. The molecule has 0 saturated heterocycles. The highest BCUT2D eigenvalue weighted by atomic mass is 79.9. The van der Waals surface area contributed by atoms with Gasteiger partial charge in [-0.2, -0.15) is 4.31 Å². The maximum atomic E-state index is 13.7. The fourth-order valence-corrected chi connectivity index (χ4v) is 6.37. The van der Waals surface area contributed by atoms with Gasteiger partial charge in [0.05, 0.1) is 10.6 Å². The van der Waals surface area contributed by atoms with Crippen molar-refractivity contribution in [3.63, 3.8) is 0 Å². The molecule has 0 aliphatic carbocycles. The summed E-state index contributed by atoms with van der Waals surface area (Å²) < 4.78 is 28.9. The molecule has 0 fully saturated rings. The minimum atomic E-state index is -3.94. The molecule has 0 amide bonds. The third kappa shape index (κ3) is 4.71. The molecule has 7 nitrogen and oxygen atoms in total. The third-order valence-corrected chi connectivity index (χ3v) is 7.77. The van der Waals surface area contributed by atoms with Gasteiger partial charge in [0.15, 0.2) is 0 Å². The Morgan fingerprint density at radius 3 is 2.37 bits per heavy atom. The van der Waals surface area contributed by atoms with Gasteiger partial charge in [-0.25, -0.2) is 8.42 Å². The van der Waals surface area contributed by atoms with Crippen LogP contribution in [0.5, 0.6) is 0 Å². The smallest absolute Gasteiger partial charge is 0.271 e. The Hall–Kier alpha value is -1.49. The highest BCUT2D eigenvalue weighted by molar-refractivity contribution is 9.09. The second-order valence-electron chi connectivity index (χ2n) is 7.09. The van der Waals surface area contributed by atoms with E-state index in [1.54, 1.807) is 6.92 Å². The Labute approximate surface area is 193 Å². The van der Waals surface area contributed by atoms with E-state index < -0.39 is 14.9 Å². The van der Waals surface area contributed by atoms with Crippen molar-refractivity contribution in [2.75, 3.05) is 35.2 Å². The number of nitrogens with zero attached hydrogens (tertiary/aromatic N) is 3. The summed E-state index contributed by atoms with van der Waals surface area (Å²) in [5.41, 5.74) is 2.98.